The molecule has 6 unspecified atom stereocenters. The van der Waals surface area contributed by atoms with E-state index in [0.29, 0.717) is 13.0 Å². The Bertz CT molecular complexity index is 1690. The smallest absolute Gasteiger partial charge is 0.308 e. The van der Waals surface area contributed by atoms with Crippen LogP contribution in [0.25, 0.3) is 0 Å². The molecule has 0 aromatic heterocycles. The molecule has 0 aliphatic carbocycles. The molecule has 19 heteroatoms. The fraction of sp³-hybridized carbons (Fsp3) is 0.680. The molecule has 3 aliphatic rings. The number of esters is 1. The monoisotopic (exact) mass is 980 g/mol. The van der Waals surface area contributed by atoms with Crippen molar-refractivity contribution < 1.29 is 79.6 Å². The lowest BCUT2D eigenvalue weighted by atomic mass is 9.88. The molecular weight excluding hydrogens is 899 g/mol. The molecule has 0 bridgehead atoms. The topological polar surface area (TPSA) is 329 Å². The zero-order valence-electron chi connectivity index (χ0n) is 40.0. The van der Waals surface area contributed by atoms with Gasteiger partial charge in [-0.15, -0.1) is 0 Å². The average Bonchev–Trinajstić information content (AvgIpc) is 3.73. The van der Waals surface area contributed by atoms with Crippen LogP contribution < -0.4 is 11.5 Å². The van der Waals surface area contributed by atoms with Crippen LogP contribution in [0.1, 0.15) is 78.1 Å². The van der Waals surface area contributed by atoms with Crippen LogP contribution in [-0.2, 0) is 28.5 Å². The Morgan fingerprint density at radius 2 is 1.33 bits per heavy atom. The van der Waals surface area contributed by atoms with Crippen molar-refractivity contribution in [1.82, 2.24) is 4.90 Å². The molecule has 2 saturated heterocycles. The Balaban J connectivity index is 1.90. The van der Waals surface area contributed by atoms with Gasteiger partial charge in [0.15, 0.2) is 6.29 Å². The second-order valence-corrected chi connectivity index (χ2v) is 18.4. The Kier molecular flexibility index (Phi) is 28.2. The van der Waals surface area contributed by atoms with Crippen LogP contribution in [0.2, 0.25) is 0 Å². The summed E-state index contributed by atoms with van der Waals surface area (Å²) in [5.41, 5.74) is 12.2. The van der Waals surface area contributed by atoms with E-state index in [1.807, 2.05) is 49.5 Å². The summed E-state index contributed by atoms with van der Waals surface area (Å²) >= 11 is 0. The third-order valence-corrected chi connectivity index (χ3v) is 12.3. The SMILES string of the molecule is C[C@H]1C[C@H](O)[C@@H](C)/C=C/C=C/C=C/C=C/C=C/C=C/C=C/C(O[C@@H]2OC[C@@H](O)[C@H](N)[C@@H]2O)C[C@@H]([C@H](C(=O)N2CC[C@@H](N)C2)[C@@H](O)CCO)OCCC(O)CC(O)C(O)CCC(O)CC(O)CC(=O)O1. The summed E-state index contributed by atoms with van der Waals surface area (Å²) < 4.78 is 23.6. The molecular formula is C50H81N3O16. The second kappa shape index (κ2) is 32.5. The number of hydrogen-bond acceptors (Lipinski definition) is 18. The first-order valence-corrected chi connectivity index (χ1v) is 24.2. The maximum absolute atomic E-state index is 14.2. The molecule has 3 heterocycles. The fourth-order valence-corrected chi connectivity index (χ4v) is 8.16. The average molecular weight is 980 g/mol. The number of carbonyl (C=O) groups is 2. The van der Waals surface area contributed by atoms with Gasteiger partial charge in [-0.25, -0.2) is 0 Å². The molecule has 0 aromatic rings. The number of rotatable bonds is 7. The number of aliphatic hydroxyl groups excluding tert-OH is 10. The first-order valence-electron chi connectivity index (χ1n) is 24.2. The molecule has 17 atom stereocenters. The fourth-order valence-electron chi connectivity index (χ4n) is 8.16. The van der Waals surface area contributed by atoms with E-state index in [1.165, 1.54) is 4.90 Å². The lowest BCUT2D eigenvalue weighted by Gasteiger charge is -2.38. The van der Waals surface area contributed by atoms with Gasteiger partial charge in [0.25, 0.3) is 0 Å². The molecule has 0 aromatic carbocycles. The Hall–Kier alpha value is -3.48. The molecule has 3 rings (SSSR count). The van der Waals surface area contributed by atoms with Crippen LogP contribution in [0, 0.1) is 11.8 Å². The van der Waals surface area contributed by atoms with E-state index < -0.39 is 116 Å². The molecule has 69 heavy (non-hydrogen) atoms. The summed E-state index contributed by atoms with van der Waals surface area (Å²) in [7, 11) is 0. The van der Waals surface area contributed by atoms with Gasteiger partial charge in [0.1, 0.15) is 12.2 Å². The number of ether oxygens (including phenoxy) is 4. The van der Waals surface area contributed by atoms with E-state index in [2.05, 4.69) is 0 Å². The van der Waals surface area contributed by atoms with Crippen molar-refractivity contribution in [2.75, 3.05) is 32.9 Å². The van der Waals surface area contributed by atoms with Gasteiger partial charge in [0.05, 0.1) is 86.0 Å². The van der Waals surface area contributed by atoms with Crippen molar-refractivity contribution in [2.45, 2.75) is 170 Å². The van der Waals surface area contributed by atoms with E-state index in [9.17, 15) is 60.7 Å². The summed E-state index contributed by atoms with van der Waals surface area (Å²) in [5.74, 6) is -2.70. The summed E-state index contributed by atoms with van der Waals surface area (Å²) in [4.78, 5) is 28.3. The van der Waals surface area contributed by atoms with Crippen LogP contribution in [0.4, 0.5) is 0 Å². The van der Waals surface area contributed by atoms with Gasteiger partial charge in [-0.3, -0.25) is 9.59 Å². The zero-order valence-corrected chi connectivity index (χ0v) is 40.0. The first kappa shape index (κ1) is 59.8. The standard InChI is InChI=1S/C50H81N3O16/c1-32-15-13-11-9-7-5-3-4-6-8-10-12-14-16-38(69-50-48(64)47(52)43(62)31-67-50)29-44(46(40(59)20-23-54)49(65)53-22-19-34(51)30-53)66-24-21-36(56)27-42(61)39(58)18-17-35(55)26-37(57)28-45(63)68-33(2)25-41(32)60/h3-16,32-44,46-48,50,54-62,64H,17-31,51-52H2,1-2H3/b4-3+,7-5+,8-6+,11-9+,12-10+,15-13+,16-14+/t32-,33-,34+,35?,36?,37?,38?,39?,40-,41-,42?,43+,44-,46+,47-,48-,50-/m0/s1. The quantitative estimate of drug-likeness (QED) is 0.148. The highest BCUT2D eigenvalue weighted by atomic mass is 16.7. The van der Waals surface area contributed by atoms with E-state index in [1.54, 1.807) is 49.5 Å². The van der Waals surface area contributed by atoms with Gasteiger partial charge in [-0.1, -0.05) is 92.0 Å². The van der Waals surface area contributed by atoms with E-state index >= 15 is 0 Å². The number of cyclic esters (lactones) is 1. The summed E-state index contributed by atoms with van der Waals surface area (Å²) in [5, 5.41) is 107. The highest BCUT2D eigenvalue weighted by Crippen LogP contribution is 2.28. The predicted molar refractivity (Wildman–Crippen MR) is 256 cm³/mol. The van der Waals surface area contributed by atoms with Crippen LogP contribution in [0.15, 0.2) is 85.1 Å². The maximum atomic E-state index is 14.2. The molecule has 2 fully saturated rings. The maximum Gasteiger partial charge on any atom is 0.308 e. The summed E-state index contributed by atoms with van der Waals surface area (Å²) in [6, 6.07) is -1.38. The summed E-state index contributed by atoms with van der Waals surface area (Å²) in [6.45, 7) is 3.13. The molecule has 1 amide bonds. The number of nitrogens with zero attached hydrogens (tertiary/aromatic N) is 1. The molecule has 0 radical (unpaired) electrons. The van der Waals surface area contributed by atoms with Gasteiger partial charge < -0.3 is 86.4 Å². The minimum Gasteiger partial charge on any atom is -0.462 e. The van der Waals surface area contributed by atoms with E-state index in [0.717, 1.165) is 0 Å². The molecule has 0 saturated carbocycles. The van der Waals surface area contributed by atoms with Crippen LogP contribution in [0.5, 0.6) is 0 Å². The molecule has 19 nitrogen and oxygen atoms in total. The van der Waals surface area contributed by atoms with Crippen molar-refractivity contribution in [2.24, 2.45) is 23.3 Å². The van der Waals surface area contributed by atoms with Gasteiger partial charge in [0.2, 0.25) is 5.91 Å². The number of hydrogen-bond donors (Lipinski definition) is 12. The van der Waals surface area contributed by atoms with Crippen molar-refractivity contribution in [1.29, 1.82) is 0 Å². The normalized spacial score (nSPS) is 39.5. The van der Waals surface area contributed by atoms with E-state index in [4.69, 9.17) is 30.4 Å². The van der Waals surface area contributed by atoms with Crippen molar-refractivity contribution in [3.63, 3.8) is 0 Å². The number of amides is 1. The Labute approximate surface area is 406 Å². The van der Waals surface area contributed by atoms with Crippen molar-refractivity contribution in [3.05, 3.63) is 85.1 Å². The van der Waals surface area contributed by atoms with Crippen LogP contribution in [-0.4, -0.2) is 192 Å². The Morgan fingerprint density at radius 1 is 0.725 bits per heavy atom. The van der Waals surface area contributed by atoms with Gasteiger partial charge in [0, 0.05) is 57.5 Å². The van der Waals surface area contributed by atoms with Crippen molar-refractivity contribution >= 4 is 11.9 Å². The third kappa shape index (κ3) is 22.6. The van der Waals surface area contributed by atoms with Gasteiger partial charge in [-0.05, 0) is 45.4 Å². The number of aliphatic hydroxyl groups is 10. The zero-order chi connectivity index (χ0) is 50.9. The lowest BCUT2D eigenvalue weighted by molar-refractivity contribution is -0.255. The Morgan fingerprint density at radius 3 is 1.94 bits per heavy atom. The van der Waals surface area contributed by atoms with E-state index in [-0.39, 0.29) is 83.1 Å². The minimum absolute atomic E-state index is 0.0468. The summed E-state index contributed by atoms with van der Waals surface area (Å²) in [6.07, 6.45) is 8.80. The molecule has 392 valence electrons. The van der Waals surface area contributed by atoms with Crippen LogP contribution in [0.3, 0.4) is 0 Å². The molecule has 14 N–H and O–H groups in total. The van der Waals surface area contributed by atoms with Crippen molar-refractivity contribution in [3.8, 4) is 0 Å². The highest BCUT2D eigenvalue weighted by molar-refractivity contribution is 5.80. The molecule has 0 spiro atoms. The number of likely N-dealkylation sites (tertiary alicyclic amines) is 1. The highest BCUT2D eigenvalue weighted by Gasteiger charge is 2.43. The second-order valence-electron chi connectivity index (χ2n) is 18.4. The first-order chi connectivity index (χ1) is 32.9. The predicted octanol–water partition coefficient (Wildman–Crippen LogP) is -0.158. The number of allylic oxidation sites excluding steroid dienone is 12. The lowest BCUT2D eigenvalue weighted by Crippen LogP contribution is -2.58. The number of nitrogens with two attached hydrogens (primary N) is 2. The van der Waals surface area contributed by atoms with Crippen LogP contribution >= 0.6 is 0 Å². The van der Waals surface area contributed by atoms with Gasteiger partial charge in [-0.2, -0.15) is 0 Å². The largest absolute Gasteiger partial charge is 0.462 e. The minimum atomic E-state index is -1.44. The number of carbonyl (C=O) groups excluding carboxylic acids is 2. The molecule has 3 aliphatic heterocycles. The third-order valence-electron chi connectivity index (χ3n) is 12.3. The van der Waals surface area contributed by atoms with Gasteiger partial charge >= 0.3 is 5.97 Å².